The third-order valence-corrected chi connectivity index (χ3v) is 7.39. The van der Waals surface area contributed by atoms with Crippen molar-refractivity contribution in [1.29, 1.82) is 0 Å². The fraction of sp³-hybridized carbons (Fsp3) is 0.448. The van der Waals surface area contributed by atoms with Gasteiger partial charge in [0, 0.05) is 36.8 Å². The molecule has 1 saturated carbocycles. The van der Waals surface area contributed by atoms with Crippen LogP contribution in [0.4, 0.5) is 0 Å². The molecule has 1 amide bonds. The Morgan fingerprint density at radius 1 is 1.06 bits per heavy atom. The van der Waals surface area contributed by atoms with E-state index in [4.69, 9.17) is 9.84 Å². The van der Waals surface area contributed by atoms with Gasteiger partial charge >= 0.3 is 0 Å². The molecule has 0 spiro atoms. The van der Waals surface area contributed by atoms with Gasteiger partial charge in [0.25, 0.3) is 5.91 Å². The molecule has 1 aliphatic carbocycles. The number of nitrogens with one attached hydrogen (secondary N) is 1. The number of aryl methyl sites for hydroxylation is 1. The highest BCUT2D eigenvalue weighted by molar-refractivity contribution is 5.94. The zero-order valence-electron chi connectivity index (χ0n) is 20.7. The maximum absolute atomic E-state index is 13.3. The largest absolute Gasteiger partial charge is 0.497 e. The highest BCUT2D eigenvalue weighted by Gasteiger charge is 2.29. The molecule has 0 unspecified atom stereocenters. The maximum Gasteiger partial charge on any atom is 0.272 e. The molecule has 184 valence electrons. The van der Waals surface area contributed by atoms with Gasteiger partial charge in [0.1, 0.15) is 5.75 Å². The van der Waals surface area contributed by atoms with Crippen molar-refractivity contribution in [3.63, 3.8) is 0 Å². The van der Waals surface area contributed by atoms with Crippen LogP contribution >= 0.6 is 0 Å². The average molecular weight is 473 g/mol. The van der Waals surface area contributed by atoms with E-state index in [9.17, 15) is 4.79 Å². The number of methoxy groups -OCH3 is 1. The number of amides is 1. The number of rotatable bonds is 9. The standard InChI is InChI=1S/C29H36N4O2/c1-35-25-15-13-23(14-16-25)20-33-27-17-19-32(18-7-10-22-8-3-2-4-9-22)21-26(27)28(31-33)29(34)30-24-11-5-6-12-24/h2-4,8-9,13-16,24H,5-7,10-12,17-21H2,1H3,(H,30,34). The van der Waals surface area contributed by atoms with Crippen molar-refractivity contribution in [2.75, 3.05) is 20.2 Å². The average Bonchev–Trinajstić information content (AvgIpc) is 3.53. The third kappa shape index (κ3) is 5.76. The van der Waals surface area contributed by atoms with Crippen LogP contribution in [0.2, 0.25) is 0 Å². The fourth-order valence-electron chi connectivity index (χ4n) is 5.43. The molecule has 2 aromatic carbocycles. The highest BCUT2D eigenvalue weighted by Crippen LogP contribution is 2.26. The Bertz CT molecular complexity index is 1120. The molecule has 2 aliphatic rings. The van der Waals surface area contributed by atoms with Crippen molar-refractivity contribution >= 4 is 5.91 Å². The van der Waals surface area contributed by atoms with Crippen LogP contribution in [0.1, 0.15) is 65.0 Å². The van der Waals surface area contributed by atoms with Gasteiger partial charge in [0.15, 0.2) is 5.69 Å². The molecular formula is C29H36N4O2. The number of carbonyl (C=O) groups excluding carboxylic acids is 1. The number of aromatic nitrogens is 2. The molecule has 1 N–H and O–H groups in total. The molecule has 1 fully saturated rings. The van der Waals surface area contributed by atoms with Gasteiger partial charge in [-0.15, -0.1) is 0 Å². The van der Waals surface area contributed by atoms with Crippen LogP contribution in [-0.4, -0.2) is 46.8 Å². The lowest BCUT2D eigenvalue weighted by molar-refractivity contribution is 0.0929. The summed E-state index contributed by atoms with van der Waals surface area (Å²) < 4.78 is 7.36. The summed E-state index contributed by atoms with van der Waals surface area (Å²) in [5, 5.41) is 8.15. The number of benzene rings is 2. The zero-order valence-corrected chi connectivity index (χ0v) is 20.7. The number of hydrogen-bond acceptors (Lipinski definition) is 4. The van der Waals surface area contributed by atoms with Crippen LogP contribution in [-0.2, 0) is 25.9 Å². The van der Waals surface area contributed by atoms with Gasteiger partial charge in [0.2, 0.25) is 0 Å². The first-order valence-electron chi connectivity index (χ1n) is 13.0. The van der Waals surface area contributed by atoms with Crippen LogP contribution in [0.25, 0.3) is 0 Å². The second-order valence-corrected chi connectivity index (χ2v) is 9.85. The monoisotopic (exact) mass is 472 g/mol. The number of carbonyl (C=O) groups is 1. The highest BCUT2D eigenvalue weighted by atomic mass is 16.5. The lowest BCUT2D eigenvalue weighted by Crippen LogP contribution is -2.36. The van der Waals surface area contributed by atoms with E-state index in [0.29, 0.717) is 12.2 Å². The Morgan fingerprint density at radius 3 is 2.57 bits per heavy atom. The summed E-state index contributed by atoms with van der Waals surface area (Å²) in [6, 6.07) is 19.1. The van der Waals surface area contributed by atoms with Crippen molar-refractivity contribution in [2.45, 2.75) is 64.1 Å². The maximum atomic E-state index is 13.3. The summed E-state index contributed by atoms with van der Waals surface area (Å²) in [6.45, 7) is 3.48. The molecule has 6 nitrogen and oxygen atoms in total. The van der Waals surface area contributed by atoms with Gasteiger partial charge < -0.3 is 10.1 Å². The van der Waals surface area contributed by atoms with Gasteiger partial charge in [0.05, 0.1) is 13.7 Å². The first kappa shape index (κ1) is 23.6. The molecule has 0 atom stereocenters. The van der Waals surface area contributed by atoms with Crippen molar-refractivity contribution in [1.82, 2.24) is 20.0 Å². The van der Waals surface area contributed by atoms with E-state index >= 15 is 0 Å². The SMILES string of the molecule is COc1ccc(Cn2nc(C(=O)NC3CCCC3)c3c2CCN(CCCc2ccccc2)C3)cc1. The van der Waals surface area contributed by atoms with Crippen molar-refractivity contribution in [3.05, 3.63) is 82.7 Å². The Labute approximate surface area is 208 Å². The fourth-order valence-corrected chi connectivity index (χ4v) is 5.43. The second kappa shape index (κ2) is 11.1. The van der Waals surface area contributed by atoms with Crippen LogP contribution in [0, 0.1) is 0 Å². The summed E-state index contributed by atoms with van der Waals surface area (Å²) in [6.07, 6.45) is 7.66. The molecule has 0 saturated heterocycles. The second-order valence-electron chi connectivity index (χ2n) is 9.85. The minimum Gasteiger partial charge on any atom is -0.497 e. The van der Waals surface area contributed by atoms with Gasteiger partial charge in [-0.2, -0.15) is 5.10 Å². The smallest absolute Gasteiger partial charge is 0.272 e. The molecular weight excluding hydrogens is 436 g/mol. The Morgan fingerprint density at radius 2 is 1.83 bits per heavy atom. The van der Waals surface area contributed by atoms with E-state index in [2.05, 4.69) is 57.4 Å². The van der Waals surface area contributed by atoms with Gasteiger partial charge in [-0.25, -0.2) is 0 Å². The van der Waals surface area contributed by atoms with E-state index < -0.39 is 0 Å². The van der Waals surface area contributed by atoms with Crippen LogP contribution < -0.4 is 10.1 Å². The number of nitrogens with zero attached hydrogens (tertiary/aromatic N) is 3. The molecule has 6 heteroatoms. The minimum atomic E-state index is -0.00670. The van der Waals surface area contributed by atoms with Gasteiger partial charge in [-0.05, 0) is 55.5 Å². The van der Waals surface area contributed by atoms with Crippen LogP contribution in [0.5, 0.6) is 5.75 Å². The van der Waals surface area contributed by atoms with Crippen molar-refractivity contribution < 1.29 is 9.53 Å². The predicted molar refractivity (Wildman–Crippen MR) is 138 cm³/mol. The summed E-state index contributed by atoms with van der Waals surface area (Å²) in [5.74, 6) is 0.840. The van der Waals surface area contributed by atoms with Gasteiger partial charge in [-0.3, -0.25) is 14.4 Å². The molecule has 0 bridgehead atoms. The molecule has 5 rings (SSSR count). The molecule has 2 heterocycles. The number of fused-ring (bicyclic) bond motifs is 1. The number of ether oxygens (including phenoxy) is 1. The Kier molecular flexibility index (Phi) is 7.48. The van der Waals surface area contributed by atoms with Crippen LogP contribution in [0.15, 0.2) is 54.6 Å². The Balaban J connectivity index is 1.32. The van der Waals surface area contributed by atoms with E-state index in [1.165, 1.54) is 24.1 Å². The Hall–Kier alpha value is -3.12. The molecule has 35 heavy (non-hydrogen) atoms. The third-order valence-electron chi connectivity index (χ3n) is 7.39. The van der Waals surface area contributed by atoms with E-state index in [0.717, 1.165) is 68.6 Å². The minimum absolute atomic E-state index is 0.00670. The summed E-state index contributed by atoms with van der Waals surface area (Å²) in [5.41, 5.74) is 5.48. The van der Waals surface area contributed by atoms with Crippen LogP contribution in [0.3, 0.4) is 0 Å². The summed E-state index contributed by atoms with van der Waals surface area (Å²) >= 11 is 0. The zero-order chi connectivity index (χ0) is 24.0. The molecule has 1 aromatic heterocycles. The first-order chi connectivity index (χ1) is 17.2. The topological polar surface area (TPSA) is 59.4 Å². The molecule has 0 radical (unpaired) electrons. The quantitative estimate of drug-likeness (QED) is 0.494. The lowest BCUT2D eigenvalue weighted by atomic mass is 10.0. The van der Waals surface area contributed by atoms with E-state index in [1.54, 1.807) is 7.11 Å². The van der Waals surface area contributed by atoms with Crippen molar-refractivity contribution in [3.8, 4) is 5.75 Å². The first-order valence-corrected chi connectivity index (χ1v) is 13.0. The molecule has 1 aliphatic heterocycles. The predicted octanol–water partition coefficient (Wildman–Crippen LogP) is 4.60. The van der Waals surface area contributed by atoms with E-state index in [-0.39, 0.29) is 11.9 Å². The number of hydrogen-bond donors (Lipinski definition) is 1. The summed E-state index contributed by atoms with van der Waals surface area (Å²) in [7, 11) is 1.68. The van der Waals surface area contributed by atoms with Gasteiger partial charge in [-0.1, -0.05) is 55.3 Å². The molecule has 3 aromatic rings. The normalized spacial score (nSPS) is 16.3. The lowest BCUT2D eigenvalue weighted by Gasteiger charge is -2.28. The van der Waals surface area contributed by atoms with Crippen molar-refractivity contribution in [2.24, 2.45) is 0 Å². The summed E-state index contributed by atoms with van der Waals surface area (Å²) in [4.78, 5) is 15.8. The van der Waals surface area contributed by atoms with E-state index in [1.807, 2.05) is 12.1 Å².